The van der Waals surface area contributed by atoms with Crippen LogP contribution in [0.15, 0.2) is 30.5 Å². The maximum absolute atomic E-state index is 10.7. The van der Waals surface area contributed by atoms with E-state index in [-0.39, 0.29) is 5.56 Å². The van der Waals surface area contributed by atoms with E-state index in [1.807, 2.05) is 13.0 Å². The Morgan fingerprint density at radius 2 is 2.19 bits per heavy atom. The molecule has 1 aromatic heterocycles. The summed E-state index contributed by atoms with van der Waals surface area (Å²) in [7, 11) is 0. The lowest BCUT2D eigenvalue weighted by atomic mass is 10.2. The Bertz CT molecular complexity index is 549. The Morgan fingerprint density at radius 3 is 2.69 bits per heavy atom. The third-order valence-electron chi connectivity index (χ3n) is 2.16. The van der Waals surface area contributed by atoms with Gasteiger partial charge in [-0.25, -0.2) is 9.48 Å². The number of aryl methyl sites for hydroxylation is 1. The Morgan fingerprint density at radius 1 is 1.44 bits per heavy atom. The van der Waals surface area contributed by atoms with E-state index in [0.717, 1.165) is 5.69 Å². The maximum atomic E-state index is 10.7. The van der Waals surface area contributed by atoms with Gasteiger partial charge in [0.15, 0.2) is 0 Å². The highest BCUT2D eigenvalue weighted by molar-refractivity contribution is 6.32. The van der Waals surface area contributed by atoms with E-state index in [4.69, 9.17) is 16.7 Å². The molecule has 0 saturated carbocycles. The Kier molecular flexibility index (Phi) is 2.66. The summed E-state index contributed by atoms with van der Waals surface area (Å²) in [6.45, 7) is 1.87. The molecule has 0 aliphatic carbocycles. The highest BCUT2D eigenvalue weighted by Crippen LogP contribution is 2.21. The molecule has 1 N–H and O–H groups in total. The minimum atomic E-state index is -0.995. The van der Waals surface area contributed by atoms with Crippen LogP contribution in [0.3, 0.4) is 0 Å². The molecule has 0 saturated heterocycles. The molecule has 0 aliphatic rings. The molecular weight excluding hydrogens is 228 g/mol. The van der Waals surface area contributed by atoms with E-state index in [9.17, 15) is 4.79 Å². The van der Waals surface area contributed by atoms with Crippen LogP contribution < -0.4 is 0 Å². The second-order valence-corrected chi connectivity index (χ2v) is 3.78. The fourth-order valence-electron chi connectivity index (χ4n) is 1.37. The fourth-order valence-corrected chi connectivity index (χ4v) is 1.64. The molecule has 4 nitrogen and oxygen atoms in total. The molecule has 0 unspecified atom stereocenters. The Labute approximate surface area is 97.1 Å². The largest absolute Gasteiger partial charge is 0.478 e. The van der Waals surface area contributed by atoms with Crippen LogP contribution in [0.4, 0.5) is 0 Å². The van der Waals surface area contributed by atoms with Crippen LogP contribution in [-0.4, -0.2) is 20.9 Å². The second-order valence-electron chi connectivity index (χ2n) is 3.37. The number of benzene rings is 1. The Balaban J connectivity index is 2.47. The molecule has 1 heterocycles. The summed E-state index contributed by atoms with van der Waals surface area (Å²) in [6, 6.07) is 6.40. The highest BCUT2D eigenvalue weighted by Gasteiger charge is 2.08. The van der Waals surface area contributed by atoms with Gasteiger partial charge in [0.05, 0.1) is 22.0 Å². The van der Waals surface area contributed by atoms with Gasteiger partial charge in [-0.15, -0.1) is 0 Å². The normalized spacial score (nSPS) is 10.4. The number of aromatic nitrogens is 2. The van der Waals surface area contributed by atoms with Gasteiger partial charge in [0.2, 0.25) is 0 Å². The van der Waals surface area contributed by atoms with E-state index in [0.29, 0.717) is 10.7 Å². The van der Waals surface area contributed by atoms with E-state index in [1.54, 1.807) is 16.9 Å². The van der Waals surface area contributed by atoms with Crippen LogP contribution in [0.5, 0.6) is 0 Å². The molecule has 82 valence electrons. The zero-order chi connectivity index (χ0) is 11.7. The molecule has 0 bridgehead atoms. The standard InChI is InChI=1S/C11H9ClN2O2/c1-7-4-5-14(13-7)10-3-2-8(11(15)16)6-9(10)12/h2-6H,1H3,(H,15,16). The zero-order valence-corrected chi connectivity index (χ0v) is 9.27. The van der Waals surface area contributed by atoms with Crippen LogP contribution in [0.25, 0.3) is 5.69 Å². The maximum Gasteiger partial charge on any atom is 0.335 e. The second kappa shape index (κ2) is 3.98. The van der Waals surface area contributed by atoms with Gasteiger partial charge >= 0.3 is 5.97 Å². The summed E-state index contributed by atoms with van der Waals surface area (Å²) in [5.74, 6) is -0.995. The Hall–Kier alpha value is -1.81. The predicted octanol–water partition coefficient (Wildman–Crippen LogP) is 2.53. The van der Waals surface area contributed by atoms with Crippen molar-refractivity contribution in [2.24, 2.45) is 0 Å². The molecular formula is C11H9ClN2O2. The van der Waals surface area contributed by atoms with E-state index in [2.05, 4.69) is 5.10 Å². The van der Waals surface area contributed by atoms with Gasteiger partial charge in [-0.1, -0.05) is 11.6 Å². The van der Waals surface area contributed by atoms with Crippen LogP contribution in [0, 0.1) is 6.92 Å². The summed E-state index contributed by atoms with van der Waals surface area (Å²) in [5, 5.41) is 13.4. The molecule has 1 aromatic carbocycles. The van der Waals surface area contributed by atoms with Crippen LogP contribution >= 0.6 is 11.6 Å². The van der Waals surface area contributed by atoms with Gasteiger partial charge in [-0.2, -0.15) is 5.10 Å². The number of halogens is 1. The van der Waals surface area contributed by atoms with Gasteiger partial charge in [0.25, 0.3) is 0 Å². The van der Waals surface area contributed by atoms with Crippen LogP contribution in [0.2, 0.25) is 5.02 Å². The fraction of sp³-hybridized carbons (Fsp3) is 0.0909. The average molecular weight is 237 g/mol. The number of rotatable bonds is 2. The predicted molar refractivity (Wildman–Crippen MR) is 60.3 cm³/mol. The van der Waals surface area contributed by atoms with E-state index in [1.165, 1.54) is 12.1 Å². The summed E-state index contributed by atoms with van der Waals surface area (Å²) in [6.07, 6.45) is 1.77. The van der Waals surface area contributed by atoms with Crippen molar-refractivity contribution in [1.82, 2.24) is 9.78 Å². The van der Waals surface area contributed by atoms with Crippen molar-refractivity contribution in [3.63, 3.8) is 0 Å². The summed E-state index contributed by atoms with van der Waals surface area (Å²) in [5.41, 5.74) is 1.70. The van der Waals surface area contributed by atoms with Gasteiger partial charge in [-0.3, -0.25) is 0 Å². The van der Waals surface area contributed by atoms with Crippen molar-refractivity contribution < 1.29 is 9.90 Å². The quantitative estimate of drug-likeness (QED) is 0.872. The first-order chi connectivity index (χ1) is 7.58. The number of carbonyl (C=O) groups is 1. The van der Waals surface area contributed by atoms with Crippen LogP contribution in [-0.2, 0) is 0 Å². The molecule has 2 rings (SSSR count). The van der Waals surface area contributed by atoms with E-state index < -0.39 is 5.97 Å². The number of aromatic carboxylic acids is 1. The van der Waals surface area contributed by atoms with Gasteiger partial charge < -0.3 is 5.11 Å². The minimum absolute atomic E-state index is 0.164. The van der Waals surface area contributed by atoms with Gasteiger partial charge in [0, 0.05) is 6.20 Å². The van der Waals surface area contributed by atoms with Crippen LogP contribution in [0.1, 0.15) is 16.1 Å². The topological polar surface area (TPSA) is 55.1 Å². The molecule has 0 amide bonds. The number of carboxylic acid groups (broad SMARTS) is 1. The van der Waals surface area contributed by atoms with Crippen molar-refractivity contribution in [1.29, 1.82) is 0 Å². The van der Waals surface area contributed by atoms with Crippen molar-refractivity contribution in [3.8, 4) is 5.69 Å². The molecule has 0 aliphatic heterocycles. The van der Waals surface area contributed by atoms with Crippen molar-refractivity contribution in [3.05, 3.63) is 46.7 Å². The third-order valence-corrected chi connectivity index (χ3v) is 2.47. The molecule has 16 heavy (non-hydrogen) atoms. The lowest BCUT2D eigenvalue weighted by Crippen LogP contribution is -2.00. The first-order valence-electron chi connectivity index (χ1n) is 4.63. The first kappa shape index (κ1) is 10.7. The van der Waals surface area contributed by atoms with Gasteiger partial charge in [0.1, 0.15) is 0 Å². The molecule has 0 atom stereocenters. The number of nitrogens with zero attached hydrogens (tertiary/aromatic N) is 2. The van der Waals surface area contributed by atoms with Gasteiger partial charge in [-0.05, 0) is 31.2 Å². The molecule has 5 heteroatoms. The third kappa shape index (κ3) is 1.92. The monoisotopic (exact) mass is 236 g/mol. The zero-order valence-electron chi connectivity index (χ0n) is 8.51. The molecule has 0 radical (unpaired) electrons. The smallest absolute Gasteiger partial charge is 0.335 e. The summed E-state index contributed by atoms with van der Waals surface area (Å²) in [4.78, 5) is 10.7. The highest BCUT2D eigenvalue weighted by atomic mass is 35.5. The number of hydrogen-bond donors (Lipinski definition) is 1. The van der Waals surface area contributed by atoms with E-state index >= 15 is 0 Å². The summed E-state index contributed by atoms with van der Waals surface area (Å²) >= 11 is 5.99. The molecule has 0 fully saturated rings. The number of hydrogen-bond acceptors (Lipinski definition) is 2. The summed E-state index contributed by atoms with van der Waals surface area (Å²) < 4.78 is 1.61. The van der Waals surface area contributed by atoms with Crippen molar-refractivity contribution >= 4 is 17.6 Å². The molecule has 2 aromatic rings. The lowest BCUT2D eigenvalue weighted by molar-refractivity contribution is 0.0697. The lowest BCUT2D eigenvalue weighted by Gasteiger charge is -2.04. The SMILES string of the molecule is Cc1ccn(-c2ccc(C(=O)O)cc2Cl)n1. The van der Waals surface area contributed by atoms with Crippen molar-refractivity contribution in [2.45, 2.75) is 6.92 Å². The first-order valence-corrected chi connectivity index (χ1v) is 5.01. The van der Waals surface area contributed by atoms with Crippen molar-refractivity contribution in [2.75, 3.05) is 0 Å². The minimum Gasteiger partial charge on any atom is -0.478 e. The number of carboxylic acids is 1. The average Bonchev–Trinajstić information content (AvgIpc) is 2.64. The molecule has 0 spiro atoms.